The molecule has 26 heavy (non-hydrogen) atoms. The minimum Gasteiger partial charge on any atom is -0.377 e. The Morgan fingerprint density at radius 3 is 2.50 bits per heavy atom. The zero-order valence-electron chi connectivity index (χ0n) is 14.6. The molecule has 3 heterocycles. The average molecular weight is 370 g/mol. The van der Waals surface area contributed by atoms with Gasteiger partial charge < -0.3 is 4.74 Å². The van der Waals surface area contributed by atoms with Gasteiger partial charge in [-0.3, -0.25) is 19.4 Å². The van der Waals surface area contributed by atoms with Crippen molar-refractivity contribution in [1.82, 2.24) is 9.80 Å². The van der Waals surface area contributed by atoms with E-state index < -0.39 is 0 Å². The lowest BCUT2D eigenvalue weighted by Gasteiger charge is -2.26. The number of hydrogen-bond donors (Lipinski definition) is 0. The van der Waals surface area contributed by atoms with Crippen LogP contribution >= 0.6 is 11.3 Å². The number of ether oxygens (including phenoxy) is 1. The Morgan fingerprint density at radius 1 is 1.12 bits per heavy atom. The summed E-state index contributed by atoms with van der Waals surface area (Å²) in [5.41, 5.74) is 1.03. The average Bonchev–Trinajstić information content (AvgIpc) is 3.38. The minimum atomic E-state index is -0.182. The smallest absolute Gasteiger partial charge is 0.261 e. The van der Waals surface area contributed by atoms with Crippen molar-refractivity contribution in [2.24, 2.45) is 0 Å². The van der Waals surface area contributed by atoms with Crippen LogP contribution in [0.3, 0.4) is 0 Å². The van der Waals surface area contributed by atoms with Gasteiger partial charge in [-0.2, -0.15) is 0 Å². The van der Waals surface area contributed by atoms with Crippen LogP contribution in [0.15, 0.2) is 41.8 Å². The van der Waals surface area contributed by atoms with E-state index in [0.717, 1.165) is 32.5 Å². The summed E-state index contributed by atoms with van der Waals surface area (Å²) in [6.07, 6.45) is 2.43. The van der Waals surface area contributed by atoms with Crippen molar-refractivity contribution in [3.63, 3.8) is 0 Å². The Labute approximate surface area is 157 Å². The summed E-state index contributed by atoms with van der Waals surface area (Å²) in [4.78, 5) is 30.0. The highest BCUT2D eigenvalue weighted by molar-refractivity contribution is 7.09. The van der Waals surface area contributed by atoms with Crippen LogP contribution in [0.2, 0.25) is 0 Å². The van der Waals surface area contributed by atoms with Gasteiger partial charge in [0.05, 0.1) is 17.2 Å². The van der Waals surface area contributed by atoms with Crippen LogP contribution in [-0.4, -0.2) is 54.0 Å². The maximum Gasteiger partial charge on any atom is 0.261 e. The molecular weight excluding hydrogens is 348 g/mol. The molecule has 1 fully saturated rings. The van der Waals surface area contributed by atoms with E-state index >= 15 is 0 Å². The molecule has 2 aliphatic heterocycles. The van der Waals surface area contributed by atoms with Crippen molar-refractivity contribution in [2.75, 3.05) is 26.2 Å². The van der Waals surface area contributed by atoms with Crippen molar-refractivity contribution in [3.8, 4) is 0 Å². The van der Waals surface area contributed by atoms with Gasteiger partial charge in [-0.15, -0.1) is 11.3 Å². The summed E-state index contributed by atoms with van der Waals surface area (Å²) in [6, 6.07) is 11.2. The number of hydrogen-bond acceptors (Lipinski definition) is 5. The lowest BCUT2D eigenvalue weighted by Crippen LogP contribution is -2.40. The molecular formula is C20H22N2O3S. The van der Waals surface area contributed by atoms with Gasteiger partial charge in [0.15, 0.2) is 0 Å². The third-order valence-corrected chi connectivity index (χ3v) is 5.82. The highest BCUT2D eigenvalue weighted by Gasteiger charge is 2.35. The predicted octanol–water partition coefficient (Wildman–Crippen LogP) is 3.03. The first kappa shape index (κ1) is 17.4. The zero-order chi connectivity index (χ0) is 17.9. The van der Waals surface area contributed by atoms with E-state index in [0.29, 0.717) is 24.2 Å². The second kappa shape index (κ2) is 7.70. The maximum atomic E-state index is 12.5. The first-order chi connectivity index (χ1) is 12.7. The van der Waals surface area contributed by atoms with Crippen molar-refractivity contribution in [3.05, 3.63) is 57.8 Å². The molecule has 2 aromatic rings. The Bertz CT molecular complexity index is 749. The molecule has 1 atom stereocenters. The molecule has 5 nitrogen and oxygen atoms in total. The van der Waals surface area contributed by atoms with E-state index in [4.69, 9.17) is 4.74 Å². The third kappa shape index (κ3) is 3.58. The van der Waals surface area contributed by atoms with Gasteiger partial charge >= 0.3 is 0 Å². The second-order valence-corrected chi connectivity index (χ2v) is 7.79. The topological polar surface area (TPSA) is 49.9 Å². The van der Waals surface area contributed by atoms with Crippen LogP contribution < -0.4 is 0 Å². The Hall–Kier alpha value is -2.02. The summed E-state index contributed by atoms with van der Waals surface area (Å²) < 4.78 is 5.78. The highest BCUT2D eigenvalue weighted by Crippen LogP contribution is 2.23. The summed E-state index contributed by atoms with van der Waals surface area (Å²) in [7, 11) is 0. The zero-order valence-corrected chi connectivity index (χ0v) is 15.4. The fraction of sp³-hybridized carbons (Fsp3) is 0.400. The Kier molecular flexibility index (Phi) is 5.15. The largest absolute Gasteiger partial charge is 0.377 e. The van der Waals surface area contributed by atoms with Gasteiger partial charge in [0.2, 0.25) is 0 Å². The lowest BCUT2D eigenvalue weighted by molar-refractivity contribution is 0.0561. The number of benzene rings is 1. The number of amides is 2. The molecule has 2 amide bonds. The van der Waals surface area contributed by atoms with Crippen LogP contribution in [0, 0.1) is 0 Å². The molecule has 1 unspecified atom stereocenters. The minimum absolute atomic E-state index is 0.182. The van der Waals surface area contributed by atoms with Crippen molar-refractivity contribution in [2.45, 2.75) is 25.5 Å². The second-order valence-electron chi connectivity index (χ2n) is 6.76. The molecule has 0 aliphatic carbocycles. The van der Waals surface area contributed by atoms with Crippen LogP contribution in [0.1, 0.15) is 38.4 Å². The molecule has 6 heteroatoms. The summed E-state index contributed by atoms with van der Waals surface area (Å²) in [5.74, 6) is -0.363. The van der Waals surface area contributed by atoms with Crippen molar-refractivity contribution >= 4 is 23.2 Å². The number of fused-ring (bicyclic) bond motifs is 1. The normalized spacial score (nSPS) is 19.6. The fourth-order valence-electron chi connectivity index (χ4n) is 3.62. The maximum absolute atomic E-state index is 12.5. The van der Waals surface area contributed by atoms with Crippen LogP contribution in [0.25, 0.3) is 0 Å². The van der Waals surface area contributed by atoms with Gasteiger partial charge in [0.25, 0.3) is 11.8 Å². The summed E-state index contributed by atoms with van der Waals surface area (Å²) in [6.45, 7) is 3.55. The van der Waals surface area contributed by atoms with Crippen molar-refractivity contribution < 1.29 is 14.3 Å². The number of rotatable bonds is 7. The third-order valence-electron chi connectivity index (χ3n) is 4.96. The molecule has 0 radical (unpaired) electrons. The summed E-state index contributed by atoms with van der Waals surface area (Å²) >= 11 is 1.73. The molecule has 1 aromatic heterocycles. The molecule has 0 saturated carbocycles. The Morgan fingerprint density at radius 2 is 1.88 bits per heavy atom. The van der Waals surface area contributed by atoms with E-state index in [1.54, 1.807) is 35.6 Å². The highest BCUT2D eigenvalue weighted by atomic mass is 32.1. The van der Waals surface area contributed by atoms with E-state index in [9.17, 15) is 9.59 Å². The number of nitrogens with zero attached hydrogens (tertiary/aromatic N) is 2. The number of carbonyl (C=O) groups excluding carboxylic acids is 2. The number of carbonyl (C=O) groups is 2. The first-order valence-corrected chi connectivity index (χ1v) is 9.92. The van der Waals surface area contributed by atoms with Crippen LogP contribution in [0.5, 0.6) is 0 Å². The molecule has 2 aliphatic rings. The fourth-order valence-corrected chi connectivity index (χ4v) is 4.36. The monoisotopic (exact) mass is 370 g/mol. The van der Waals surface area contributed by atoms with Gasteiger partial charge in [-0.05, 0) is 36.4 Å². The molecule has 0 spiro atoms. The quantitative estimate of drug-likeness (QED) is 0.703. The molecule has 1 aromatic carbocycles. The van der Waals surface area contributed by atoms with Crippen LogP contribution in [0.4, 0.5) is 0 Å². The van der Waals surface area contributed by atoms with Gasteiger partial charge in [0.1, 0.15) is 0 Å². The number of imide groups is 1. The molecule has 4 rings (SSSR count). The van der Waals surface area contributed by atoms with E-state index in [1.165, 1.54) is 9.78 Å². The predicted molar refractivity (Wildman–Crippen MR) is 100 cm³/mol. The van der Waals surface area contributed by atoms with E-state index in [1.807, 2.05) is 0 Å². The van der Waals surface area contributed by atoms with E-state index in [-0.39, 0.29) is 17.9 Å². The van der Waals surface area contributed by atoms with Crippen molar-refractivity contribution in [1.29, 1.82) is 0 Å². The van der Waals surface area contributed by atoms with Gasteiger partial charge in [-0.25, -0.2) is 0 Å². The van der Waals surface area contributed by atoms with E-state index in [2.05, 4.69) is 22.4 Å². The number of thiophene rings is 1. The SMILES string of the molecule is O=C1c2ccccc2C(=O)N1CCN(Cc1cccs1)CC1CCCO1. The molecule has 0 N–H and O–H groups in total. The van der Waals surface area contributed by atoms with Gasteiger partial charge in [-0.1, -0.05) is 18.2 Å². The lowest BCUT2D eigenvalue weighted by atomic mass is 10.1. The van der Waals surface area contributed by atoms with Crippen LogP contribution in [-0.2, 0) is 11.3 Å². The Balaban J connectivity index is 1.42. The molecule has 1 saturated heterocycles. The van der Waals surface area contributed by atoms with Gasteiger partial charge in [0, 0.05) is 37.7 Å². The summed E-state index contributed by atoms with van der Waals surface area (Å²) in [5, 5.41) is 2.07. The first-order valence-electron chi connectivity index (χ1n) is 9.04. The molecule has 0 bridgehead atoms. The molecule has 136 valence electrons. The standard InChI is InChI=1S/C20H22N2O3S/c23-19-17-7-1-2-8-18(17)20(24)22(19)10-9-21(13-15-5-3-11-25-15)14-16-6-4-12-26-16/h1-2,4,6-8,12,15H,3,5,9-11,13-14H2.